The molecule has 2 saturated carbocycles. The number of piperidine rings is 4. The maximum Gasteiger partial charge on any atom is 0.312 e. The molecule has 0 aromatic rings. The van der Waals surface area contributed by atoms with Gasteiger partial charge in [-0.1, -0.05) is 159 Å². The number of rotatable bonds is 8. The molecule has 434 valence electrons. The lowest BCUT2D eigenvalue weighted by Gasteiger charge is -2.50. The van der Waals surface area contributed by atoms with Crippen LogP contribution in [0.2, 0.25) is 0 Å². The third-order valence-electron chi connectivity index (χ3n) is 20.7. The summed E-state index contributed by atoms with van der Waals surface area (Å²) >= 11 is 0. The van der Waals surface area contributed by atoms with Crippen molar-refractivity contribution in [2.45, 2.75) is 270 Å². The molecule has 10 nitrogen and oxygen atoms in total. The molecule has 0 aromatic carbocycles. The van der Waals surface area contributed by atoms with E-state index in [-0.39, 0.29) is 60.6 Å². The van der Waals surface area contributed by atoms with Gasteiger partial charge in [0, 0.05) is 73.0 Å². The first-order valence-electron chi connectivity index (χ1n) is 29.5. The molecule has 7 aliphatic rings. The number of nitrogens with zero attached hydrogens (tertiary/aromatic N) is 4. The first kappa shape index (κ1) is 69.4. The van der Waals surface area contributed by atoms with E-state index in [9.17, 15) is 24.0 Å². The van der Waals surface area contributed by atoms with Gasteiger partial charge in [0.25, 0.3) is 0 Å². The van der Waals surface area contributed by atoms with Crippen molar-refractivity contribution in [2.75, 3.05) is 45.9 Å². The Hall–Kier alpha value is -2.65. The van der Waals surface area contributed by atoms with Crippen LogP contribution in [0.1, 0.15) is 258 Å². The van der Waals surface area contributed by atoms with E-state index in [0.29, 0.717) is 36.4 Å². The highest BCUT2D eigenvalue weighted by Crippen LogP contribution is 2.46. The van der Waals surface area contributed by atoms with E-state index < -0.39 is 5.41 Å². The number of esters is 1. The fraction of sp³-hybridized carbons (Fsp3) is 0.922. The van der Waals surface area contributed by atoms with Crippen LogP contribution in [-0.2, 0) is 28.7 Å². The van der Waals surface area contributed by atoms with Crippen molar-refractivity contribution in [2.24, 2.45) is 66.0 Å². The number of amides is 4. The van der Waals surface area contributed by atoms with Crippen LogP contribution in [0.4, 0.5) is 0 Å². The van der Waals surface area contributed by atoms with E-state index in [0.717, 1.165) is 51.1 Å². The Bertz CT molecular complexity index is 1700. The third-order valence-corrected chi connectivity index (χ3v) is 20.7. The Morgan fingerprint density at radius 3 is 0.919 bits per heavy atom. The molecular formula is C64H122N4O6. The molecule has 7 rings (SSSR count). The molecule has 0 radical (unpaired) electrons. The van der Waals surface area contributed by atoms with Crippen molar-refractivity contribution in [3.05, 3.63) is 0 Å². The van der Waals surface area contributed by atoms with Gasteiger partial charge in [0.15, 0.2) is 0 Å². The van der Waals surface area contributed by atoms with Crippen LogP contribution in [-0.4, -0.2) is 107 Å². The molecule has 2 aliphatic carbocycles. The first-order valence-corrected chi connectivity index (χ1v) is 29.5. The van der Waals surface area contributed by atoms with Gasteiger partial charge in [0.05, 0.1) is 12.0 Å². The van der Waals surface area contributed by atoms with Gasteiger partial charge in [-0.15, -0.1) is 0 Å². The number of carbonyl (C=O) groups is 5. The standard InChI is InChI=1S/2C15H27NO.C12H23NO.C12H25NO.C10H20O2/c2*1-14(2,3)15(4,5)13(17)16-10-11-6-8-12(16)9-7-11;1-11(2,3)12(4,5)10(14)13-8-6-7-9-13;1-8-13(9-2)10(14)12(6,7)11(3,4)5;1-7-12-8(11)10(5,6)9(2,3)4/h2*11-12H,6-10H2,1-5H3;6-9H2,1-5H3;8-9H2,1-7H3;7H2,1-6H3. The van der Waals surface area contributed by atoms with Crippen LogP contribution >= 0.6 is 0 Å². The smallest absolute Gasteiger partial charge is 0.312 e. The largest absolute Gasteiger partial charge is 0.466 e. The molecule has 5 aliphatic heterocycles. The number of ether oxygens (including phenoxy) is 1. The van der Waals surface area contributed by atoms with E-state index in [1.54, 1.807) is 0 Å². The molecule has 74 heavy (non-hydrogen) atoms. The lowest BCUT2D eigenvalue weighted by Crippen LogP contribution is -2.56. The number of fused-ring (bicyclic) bond motifs is 6. The fourth-order valence-electron chi connectivity index (χ4n) is 9.47. The molecule has 0 N–H and O–H groups in total. The van der Waals surface area contributed by atoms with Gasteiger partial charge in [-0.05, 0) is 138 Å². The summed E-state index contributed by atoms with van der Waals surface area (Å²) in [5.74, 6) is 2.77. The molecule has 4 amide bonds. The number of carbonyl (C=O) groups excluding carboxylic acids is 5. The summed E-state index contributed by atoms with van der Waals surface area (Å²) in [6, 6.07) is 1.07. The van der Waals surface area contributed by atoms with Crippen molar-refractivity contribution >= 4 is 29.6 Å². The van der Waals surface area contributed by atoms with Gasteiger partial charge in [0.2, 0.25) is 23.6 Å². The monoisotopic (exact) mass is 1040 g/mol. The number of likely N-dealkylation sites (tertiary alicyclic amines) is 1. The fourth-order valence-corrected chi connectivity index (χ4v) is 9.47. The quantitative estimate of drug-likeness (QED) is 0.224. The second-order valence-electron chi connectivity index (χ2n) is 30.8. The molecule has 10 heteroatoms. The van der Waals surface area contributed by atoms with Gasteiger partial charge in [0.1, 0.15) is 0 Å². The minimum Gasteiger partial charge on any atom is -0.466 e. The van der Waals surface area contributed by atoms with E-state index in [2.05, 4.69) is 134 Å². The zero-order valence-corrected chi connectivity index (χ0v) is 54.1. The van der Waals surface area contributed by atoms with Gasteiger partial charge in [-0.2, -0.15) is 0 Å². The third kappa shape index (κ3) is 16.9. The highest BCUT2D eigenvalue weighted by molar-refractivity contribution is 5.85. The Kier molecular flexibility index (Phi) is 24.3. The average Bonchev–Trinajstić information content (AvgIpc) is 3.84. The van der Waals surface area contributed by atoms with Crippen molar-refractivity contribution < 1.29 is 28.7 Å². The Balaban J connectivity index is 0.000000466. The minimum absolute atomic E-state index is 0.00662. The molecule has 0 aromatic heterocycles. The summed E-state index contributed by atoms with van der Waals surface area (Å²) in [6.07, 6.45) is 12.6. The lowest BCUT2D eigenvalue weighted by atomic mass is 9.67. The van der Waals surface area contributed by atoms with Crippen molar-refractivity contribution in [1.29, 1.82) is 0 Å². The zero-order chi connectivity index (χ0) is 58.2. The summed E-state index contributed by atoms with van der Waals surface area (Å²) in [5.41, 5.74) is -1.44. The molecular weight excluding hydrogens is 921 g/mol. The van der Waals surface area contributed by atoms with Crippen LogP contribution in [0.15, 0.2) is 0 Å². The summed E-state index contributed by atoms with van der Waals surface area (Å²) in [5, 5.41) is 0. The SMILES string of the molecule is CC(C)(C)C(C)(C)C(=O)N1CC2CCC1CC2.CC(C)(C)C(C)(C)C(=O)N1CC2CCC1CC2.CC(C)(C)C(C)(C)C(=O)N1CCCC1.CCN(CC)C(=O)C(C)(C)C(C)(C)C.CCOC(=O)C(C)(C)C(C)(C)C. The van der Waals surface area contributed by atoms with Crippen molar-refractivity contribution in [3.63, 3.8) is 0 Å². The Morgan fingerprint density at radius 2 is 0.689 bits per heavy atom. The maximum atomic E-state index is 12.8. The second kappa shape index (κ2) is 25.9. The predicted molar refractivity (Wildman–Crippen MR) is 311 cm³/mol. The summed E-state index contributed by atoms with van der Waals surface area (Å²) in [7, 11) is 0. The van der Waals surface area contributed by atoms with Crippen LogP contribution in [0.25, 0.3) is 0 Å². The molecule has 5 heterocycles. The van der Waals surface area contributed by atoms with Crippen molar-refractivity contribution in [3.8, 4) is 0 Å². The minimum atomic E-state index is -0.414. The van der Waals surface area contributed by atoms with Crippen molar-refractivity contribution in [1.82, 2.24) is 19.6 Å². The number of hydrogen-bond donors (Lipinski definition) is 0. The number of hydrogen-bond acceptors (Lipinski definition) is 6. The molecule has 0 spiro atoms. The highest BCUT2D eigenvalue weighted by atomic mass is 16.5. The van der Waals surface area contributed by atoms with Crippen LogP contribution in [0.3, 0.4) is 0 Å². The van der Waals surface area contributed by atoms with Crippen LogP contribution < -0.4 is 0 Å². The average molecular weight is 1040 g/mol. The van der Waals surface area contributed by atoms with Gasteiger partial charge >= 0.3 is 5.97 Å². The molecule has 0 unspecified atom stereocenters. The maximum absolute atomic E-state index is 12.8. The predicted octanol–water partition coefficient (Wildman–Crippen LogP) is 15.1. The van der Waals surface area contributed by atoms with Crippen LogP contribution in [0.5, 0.6) is 0 Å². The van der Waals surface area contributed by atoms with Gasteiger partial charge in [-0.25, -0.2) is 0 Å². The Labute approximate surface area is 458 Å². The molecule has 7 fully saturated rings. The van der Waals surface area contributed by atoms with E-state index in [1.165, 1.54) is 64.2 Å². The molecule has 0 atom stereocenters. The topological polar surface area (TPSA) is 108 Å². The summed E-state index contributed by atoms with van der Waals surface area (Å²) < 4.78 is 4.99. The van der Waals surface area contributed by atoms with Gasteiger partial charge in [-0.3, -0.25) is 24.0 Å². The lowest BCUT2D eigenvalue weighted by molar-refractivity contribution is -0.159. The highest BCUT2D eigenvalue weighted by Gasteiger charge is 2.49. The second-order valence-corrected chi connectivity index (χ2v) is 30.8. The zero-order valence-electron chi connectivity index (χ0n) is 54.1. The van der Waals surface area contributed by atoms with Crippen LogP contribution in [0, 0.1) is 66.0 Å². The Morgan fingerprint density at radius 1 is 0.405 bits per heavy atom. The van der Waals surface area contributed by atoms with E-state index in [4.69, 9.17) is 4.74 Å². The first-order chi connectivity index (χ1) is 33.1. The summed E-state index contributed by atoms with van der Waals surface area (Å²) in [6.45, 7) is 64.3. The van der Waals surface area contributed by atoms with E-state index in [1.807, 2.05) is 79.0 Å². The summed E-state index contributed by atoms with van der Waals surface area (Å²) in [4.78, 5) is 69.8. The normalized spacial score (nSPS) is 21.6. The molecule has 5 saturated heterocycles. The van der Waals surface area contributed by atoms with Gasteiger partial charge < -0.3 is 24.3 Å². The van der Waals surface area contributed by atoms with E-state index >= 15 is 0 Å². The molecule has 4 bridgehead atoms.